The van der Waals surface area contributed by atoms with E-state index in [1.54, 1.807) is 0 Å². The van der Waals surface area contributed by atoms with Crippen molar-refractivity contribution >= 4 is 17.3 Å². The van der Waals surface area contributed by atoms with Gasteiger partial charge in [0.1, 0.15) is 29.5 Å². The summed E-state index contributed by atoms with van der Waals surface area (Å²) in [6.45, 7) is 6.77. The first-order chi connectivity index (χ1) is 21.6. The molecule has 246 valence electrons. The van der Waals surface area contributed by atoms with Crippen LogP contribution in [0.1, 0.15) is 102 Å². The van der Waals surface area contributed by atoms with Gasteiger partial charge in [0.25, 0.3) is 0 Å². The highest BCUT2D eigenvalue weighted by atomic mass is 16.7. The number of methoxy groups -OCH3 is 1. The van der Waals surface area contributed by atoms with Crippen molar-refractivity contribution in [3.63, 3.8) is 0 Å². The van der Waals surface area contributed by atoms with E-state index in [2.05, 4.69) is 25.1 Å². The molecular formula is C34H45NO10. The van der Waals surface area contributed by atoms with Crippen LogP contribution in [-0.4, -0.2) is 83.6 Å². The Bertz CT molecular complexity index is 1380. The molecule has 5 rings (SSSR count). The van der Waals surface area contributed by atoms with Crippen molar-refractivity contribution in [3.05, 3.63) is 51.6 Å². The number of aromatic hydroxyl groups is 2. The summed E-state index contributed by atoms with van der Waals surface area (Å²) in [4.78, 5) is 39.5. The lowest BCUT2D eigenvalue weighted by Gasteiger charge is -2.40. The Morgan fingerprint density at radius 3 is 2.29 bits per heavy atom. The zero-order valence-electron chi connectivity index (χ0n) is 26.6. The van der Waals surface area contributed by atoms with Gasteiger partial charge in [-0.3, -0.25) is 14.4 Å². The van der Waals surface area contributed by atoms with Crippen molar-refractivity contribution in [3.8, 4) is 30.1 Å². The van der Waals surface area contributed by atoms with Crippen molar-refractivity contribution in [2.75, 3.05) is 33.9 Å². The number of ketones is 3. The number of hydrogen-bond donors (Lipinski definition) is 5. The molecular weight excluding hydrogens is 582 g/mol. The first-order valence-corrected chi connectivity index (χ1v) is 15.1. The number of phenols is 2. The molecule has 5 N–H and O–H groups in total. The molecule has 0 spiro atoms. The van der Waals surface area contributed by atoms with Gasteiger partial charge in [0, 0.05) is 36.1 Å². The molecule has 1 aliphatic heterocycles. The van der Waals surface area contributed by atoms with Crippen LogP contribution in [0.25, 0.3) is 0 Å². The number of hydrogen-bond acceptors (Lipinski definition) is 11. The minimum Gasteiger partial charge on any atom is -0.507 e. The molecule has 3 atom stereocenters. The molecule has 0 amide bonds. The van der Waals surface area contributed by atoms with Gasteiger partial charge in [-0.25, -0.2) is 0 Å². The van der Waals surface area contributed by atoms with Crippen molar-refractivity contribution < 1.29 is 49.0 Å². The summed E-state index contributed by atoms with van der Waals surface area (Å²) in [6.07, 6.45) is 8.68. The Labute approximate surface area is 264 Å². The minimum absolute atomic E-state index is 0.00432. The van der Waals surface area contributed by atoms with Crippen molar-refractivity contribution in [1.82, 2.24) is 5.32 Å². The summed E-state index contributed by atoms with van der Waals surface area (Å²) in [6, 6.07) is 4.45. The number of aliphatic hydroxyl groups is 2. The monoisotopic (exact) mass is 627 g/mol. The third-order valence-electron chi connectivity index (χ3n) is 7.69. The number of benzene rings is 2. The van der Waals surface area contributed by atoms with Crippen LogP contribution in [0, 0.1) is 12.8 Å². The van der Waals surface area contributed by atoms with Crippen molar-refractivity contribution in [2.45, 2.75) is 77.3 Å². The van der Waals surface area contributed by atoms with Gasteiger partial charge < -0.3 is 40.0 Å². The molecule has 0 saturated carbocycles. The molecule has 45 heavy (non-hydrogen) atoms. The van der Waals surface area contributed by atoms with E-state index in [-0.39, 0.29) is 34.4 Å². The van der Waals surface area contributed by atoms with E-state index in [0.717, 1.165) is 19.4 Å². The van der Waals surface area contributed by atoms with Gasteiger partial charge >= 0.3 is 0 Å². The molecule has 3 aliphatic rings. The minimum atomic E-state index is -2.14. The topological polar surface area (TPSA) is 172 Å². The number of aliphatic hydroxyl groups excluding tert-OH is 1. The Balaban J connectivity index is 0.000000704. The quantitative estimate of drug-likeness (QED) is 0.191. The van der Waals surface area contributed by atoms with Gasteiger partial charge in [0.05, 0.1) is 29.9 Å². The maximum absolute atomic E-state index is 13.6. The van der Waals surface area contributed by atoms with Gasteiger partial charge in [-0.2, -0.15) is 0 Å². The second-order valence-electron chi connectivity index (χ2n) is 10.4. The second-order valence-corrected chi connectivity index (χ2v) is 10.4. The normalized spacial score (nSPS) is 21.2. The number of phenolic OH excluding ortho intramolecular Hbond substituents is 2. The van der Waals surface area contributed by atoms with E-state index in [9.17, 15) is 34.8 Å². The Hall–Kier alpha value is -3.79. The zero-order valence-corrected chi connectivity index (χ0v) is 26.6. The zero-order chi connectivity index (χ0) is 33.9. The SMILES string of the molecule is C#C.CC.CCCNC.COc1cccc2c1C(=O)c1c(O)c3c(c(O)c1C2=O)C[C@@](O)(C(=O)CO)C[C@@H]3O[C@H]1CCCCO1. The summed E-state index contributed by atoms with van der Waals surface area (Å²) in [7, 11) is 3.31. The van der Waals surface area contributed by atoms with Gasteiger partial charge in [-0.15, -0.1) is 12.8 Å². The lowest BCUT2D eigenvalue weighted by atomic mass is 9.72. The van der Waals surface area contributed by atoms with E-state index < -0.39 is 71.0 Å². The summed E-state index contributed by atoms with van der Waals surface area (Å²) >= 11 is 0. The number of fused-ring (bicyclic) bond motifs is 3. The van der Waals surface area contributed by atoms with Crippen LogP contribution in [0.4, 0.5) is 0 Å². The molecule has 2 aromatic carbocycles. The lowest BCUT2D eigenvalue weighted by molar-refractivity contribution is -0.204. The first-order valence-electron chi connectivity index (χ1n) is 15.1. The standard InChI is InChI=1S/C26H26O10.C4H11N.C2H6.C2H2/c1-34-14-6-4-5-12-18(14)24(31)21-20(22(12)29)23(30)13-9-26(33,16(28)11-27)10-15(19(13)25(21)32)36-17-7-2-3-8-35-17;1-3-4-5-2;2*1-2/h4-6,15,17,27,30,32-33H,2-3,7-11H2,1H3;5H,3-4H2,1-2H3;1-2H3;1-2H/t15-,17-,26-;;;/m0.../s1. The number of Topliss-reactive ketones (excluding diaryl/α,β-unsaturated/α-hetero) is 1. The van der Waals surface area contributed by atoms with Crippen LogP contribution in [-0.2, 0) is 20.7 Å². The summed E-state index contributed by atoms with van der Waals surface area (Å²) < 4.78 is 16.9. The third-order valence-corrected chi connectivity index (χ3v) is 7.69. The molecule has 2 aliphatic carbocycles. The number of nitrogens with one attached hydrogen (secondary N) is 1. The van der Waals surface area contributed by atoms with Crippen molar-refractivity contribution in [1.29, 1.82) is 0 Å². The average molecular weight is 628 g/mol. The molecule has 0 radical (unpaired) electrons. The van der Waals surface area contributed by atoms with E-state index in [0.29, 0.717) is 13.0 Å². The fourth-order valence-electron chi connectivity index (χ4n) is 5.65. The lowest BCUT2D eigenvalue weighted by Crippen LogP contribution is -2.48. The first kappa shape index (κ1) is 37.4. The average Bonchev–Trinajstić information content (AvgIpc) is 3.07. The van der Waals surface area contributed by atoms with Gasteiger partial charge in [0.15, 0.2) is 17.9 Å². The molecule has 0 unspecified atom stereocenters. The fourth-order valence-corrected chi connectivity index (χ4v) is 5.65. The maximum atomic E-state index is 13.6. The molecule has 0 bridgehead atoms. The highest BCUT2D eigenvalue weighted by Crippen LogP contribution is 2.52. The molecule has 11 heteroatoms. The van der Waals surface area contributed by atoms with E-state index >= 15 is 0 Å². The van der Waals surface area contributed by atoms with Crippen LogP contribution >= 0.6 is 0 Å². The molecule has 1 saturated heterocycles. The largest absolute Gasteiger partial charge is 0.507 e. The summed E-state index contributed by atoms with van der Waals surface area (Å²) in [5.74, 6) is -3.41. The van der Waals surface area contributed by atoms with Crippen LogP contribution in [0.15, 0.2) is 18.2 Å². The third kappa shape index (κ3) is 7.54. The number of carbonyl (C=O) groups excluding carboxylic acids is 3. The molecule has 1 fully saturated rings. The van der Waals surface area contributed by atoms with Crippen LogP contribution in [0.3, 0.4) is 0 Å². The fraction of sp³-hybridized carbons (Fsp3) is 0.500. The number of rotatable bonds is 7. The van der Waals surface area contributed by atoms with Crippen molar-refractivity contribution in [2.24, 2.45) is 0 Å². The molecule has 2 aromatic rings. The van der Waals surface area contributed by atoms with Crippen LogP contribution < -0.4 is 10.1 Å². The summed E-state index contributed by atoms with van der Waals surface area (Å²) in [5, 5.41) is 46.3. The van der Waals surface area contributed by atoms with E-state index in [4.69, 9.17) is 14.2 Å². The predicted molar refractivity (Wildman–Crippen MR) is 168 cm³/mol. The van der Waals surface area contributed by atoms with Crippen LogP contribution in [0.5, 0.6) is 17.2 Å². The van der Waals surface area contributed by atoms with Crippen LogP contribution in [0.2, 0.25) is 0 Å². The van der Waals surface area contributed by atoms with Gasteiger partial charge in [-0.1, -0.05) is 32.9 Å². The highest BCUT2D eigenvalue weighted by molar-refractivity contribution is 6.31. The smallest absolute Gasteiger partial charge is 0.202 e. The highest BCUT2D eigenvalue weighted by Gasteiger charge is 2.49. The number of terminal acetylenes is 1. The molecule has 0 aromatic heterocycles. The number of ether oxygens (including phenoxy) is 3. The van der Waals surface area contributed by atoms with E-state index in [1.165, 1.54) is 31.7 Å². The Kier molecular flexibility index (Phi) is 14.2. The van der Waals surface area contributed by atoms with Gasteiger partial charge in [-0.05, 0) is 45.3 Å². The Morgan fingerprint density at radius 2 is 1.76 bits per heavy atom. The predicted octanol–water partition coefficient (Wildman–Crippen LogP) is 3.60. The Morgan fingerprint density at radius 1 is 1.09 bits per heavy atom. The number of carbonyl (C=O) groups is 3. The van der Waals surface area contributed by atoms with Gasteiger partial charge in [0.2, 0.25) is 5.78 Å². The maximum Gasteiger partial charge on any atom is 0.202 e. The summed E-state index contributed by atoms with van der Waals surface area (Å²) in [5.41, 5.74) is -3.12. The molecule has 1 heterocycles. The van der Waals surface area contributed by atoms with E-state index in [1.807, 2.05) is 20.9 Å². The molecule has 11 nitrogen and oxygen atoms in total. The second kappa shape index (κ2) is 17.1.